The van der Waals surface area contributed by atoms with Gasteiger partial charge in [0.05, 0.1) is 0 Å². The highest BCUT2D eigenvalue weighted by Gasteiger charge is 2.20. The summed E-state index contributed by atoms with van der Waals surface area (Å²) in [5.74, 6) is -0.0737. The first-order valence-electron chi connectivity index (χ1n) is 4.56. The summed E-state index contributed by atoms with van der Waals surface area (Å²) in [7, 11) is 0. The highest BCUT2D eigenvalue weighted by Crippen LogP contribution is 2.20. The summed E-state index contributed by atoms with van der Waals surface area (Å²) in [6.07, 6.45) is 1.63. The van der Waals surface area contributed by atoms with E-state index in [1.807, 2.05) is 4.57 Å². The van der Waals surface area contributed by atoms with E-state index >= 15 is 0 Å². The molecule has 0 saturated carbocycles. The maximum Gasteiger partial charge on any atom is 0.268 e. The minimum Gasteiger partial charge on any atom is -0.349 e. The lowest BCUT2D eigenvalue weighted by atomic mass is 10.3. The van der Waals surface area contributed by atoms with Gasteiger partial charge in [0, 0.05) is 24.7 Å². The van der Waals surface area contributed by atoms with Crippen molar-refractivity contribution in [3.63, 3.8) is 0 Å². The summed E-state index contributed by atoms with van der Waals surface area (Å²) in [6, 6.07) is 1.78. The zero-order valence-corrected chi connectivity index (χ0v) is 8.45. The largest absolute Gasteiger partial charge is 0.349 e. The quantitative estimate of drug-likeness (QED) is 0.672. The molecule has 0 bridgehead atoms. The van der Waals surface area contributed by atoms with Gasteiger partial charge in [-0.3, -0.25) is 4.79 Å². The van der Waals surface area contributed by atoms with Crippen LogP contribution in [0.4, 0.5) is 0 Å². The third-order valence-electron chi connectivity index (χ3n) is 2.46. The van der Waals surface area contributed by atoms with Crippen molar-refractivity contribution < 1.29 is 4.79 Å². The van der Waals surface area contributed by atoms with E-state index < -0.39 is 0 Å². The molecule has 0 atom stereocenters. The monoisotopic (exact) mass is 222 g/mol. The number of carbonyl (C=O) groups excluding carboxylic acids is 1. The summed E-state index contributed by atoms with van der Waals surface area (Å²) < 4.78 is 1.86. The van der Waals surface area contributed by atoms with Gasteiger partial charge in [-0.25, -0.2) is 4.98 Å². The summed E-state index contributed by atoms with van der Waals surface area (Å²) in [5, 5.41) is 3.82. The normalized spacial score (nSPS) is 15.1. The van der Waals surface area contributed by atoms with Crippen molar-refractivity contribution in [2.45, 2.75) is 6.54 Å². The fourth-order valence-corrected chi connectivity index (χ4v) is 1.93. The van der Waals surface area contributed by atoms with Gasteiger partial charge < -0.3 is 9.88 Å². The average Bonchev–Trinajstić information content (AvgIpc) is 2.58. The second-order valence-corrected chi connectivity index (χ2v) is 3.69. The molecule has 0 radical (unpaired) electrons. The molecule has 1 aliphatic rings. The molecule has 0 aromatic carbocycles. The van der Waals surface area contributed by atoms with Gasteiger partial charge in [-0.1, -0.05) is 0 Å². The molecule has 6 heteroatoms. The number of halogens is 1. The Morgan fingerprint density at radius 2 is 2.40 bits per heavy atom. The number of nitrogens with zero attached hydrogens (tertiary/aromatic N) is 3. The molecule has 15 heavy (non-hydrogen) atoms. The van der Waals surface area contributed by atoms with Gasteiger partial charge in [0.25, 0.3) is 5.91 Å². The molecule has 1 amide bonds. The van der Waals surface area contributed by atoms with Crippen LogP contribution in [0.3, 0.4) is 0 Å². The lowest BCUT2D eigenvalue weighted by molar-refractivity contribution is 0.0929. The van der Waals surface area contributed by atoms with Crippen molar-refractivity contribution >= 4 is 28.5 Å². The van der Waals surface area contributed by atoms with Crippen LogP contribution in [0.15, 0.2) is 12.3 Å². The third kappa shape index (κ3) is 1.20. The van der Waals surface area contributed by atoms with Crippen molar-refractivity contribution in [1.29, 1.82) is 0 Å². The van der Waals surface area contributed by atoms with E-state index in [1.54, 1.807) is 12.3 Å². The number of carbonyl (C=O) groups is 1. The van der Waals surface area contributed by atoms with E-state index in [0.717, 1.165) is 17.6 Å². The fraction of sp³-hybridized carbons (Fsp3) is 0.222. The highest BCUT2D eigenvalue weighted by atomic mass is 35.5. The Labute approximate surface area is 90.1 Å². The van der Waals surface area contributed by atoms with Crippen molar-refractivity contribution in [1.82, 2.24) is 19.9 Å². The van der Waals surface area contributed by atoms with E-state index in [1.165, 1.54) is 0 Å². The van der Waals surface area contributed by atoms with Crippen LogP contribution in [-0.4, -0.2) is 27.0 Å². The number of fused-ring (bicyclic) bond motifs is 3. The van der Waals surface area contributed by atoms with Gasteiger partial charge in [-0.2, -0.15) is 4.98 Å². The lowest BCUT2D eigenvalue weighted by Crippen LogP contribution is -2.34. The number of amides is 1. The Balaban J connectivity index is 2.36. The summed E-state index contributed by atoms with van der Waals surface area (Å²) in [4.78, 5) is 19.5. The van der Waals surface area contributed by atoms with E-state index in [-0.39, 0.29) is 11.2 Å². The topological polar surface area (TPSA) is 59.8 Å². The van der Waals surface area contributed by atoms with Gasteiger partial charge in [0.15, 0.2) is 0 Å². The van der Waals surface area contributed by atoms with E-state index in [9.17, 15) is 4.79 Å². The maximum absolute atomic E-state index is 11.5. The third-order valence-corrected chi connectivity index (χ3v) is 2.64. The number of nitrogens with one attached hydrogen (secondary N) is 1. The summed E-state index contributed by atoms with van der Waals surface area (Å²) in [6.45, 7) is 1.34. The van der Waals surface area contributed by atoms with Crippen molar-refractivity contribution in [3.8, 4) is 0 Å². The van der Waals surface area contributed by atoms with Gasteiger partial charge >= 0.3 is 0 Å². The molecule has 0 saturated heterocycles. The highest BCUT2D eigenvalue weighted by molar-refractivity contribution is 6.28. The van der Waals surface area contributed by atoms with Crippen LogP contribution >= 0.6 is 11.6 Å². The molecule has 5 nitrogen and oxygen atoms in total. The average molecular weight is 223 g/mol. The Bertz CT molecular complexity index is 562. The first kappa shape index (κ1) is 8.67. The fourth-order valence-electron chi connectivity index (χ4n) is 1.80. The van der Waals surface area contributed by atoms with Crippen molar-refractivity contribution in [3.05, 3.63) is 23.2 Å². The molecule has 1 N–H and O–H groups in total. The van der Waals surface area contributed by atoms with Crippen LogP contribution in [0.25, 0.3) is 11.0 Å². The van der Waals surface area contributed by atoms with Crippen LogP contribution in [0.1, 0.15) is 10.5 Å². The van der Waals surface area contributed by atoms with E-state index in [2.05, 4.69) is 15.3 Å². The summed E-state index contributed by atoms with van der Waals surface area (Å²) in [5.41, 5.74) is 1.34. The molecule has 3 rings (SSSR count). The minimum absolute atomic E-state index is 0.0737. The number of aromatic nitrogens is 3. The molecule has 0 unspecified atom stereocenters. The molecule has 3 heterocycles. The summed E-state index contributed by atoms with van der Waals surface area (Å²) >= 11 is 5.72. The molecule has 0 aliphatic carbocycles. The predicted molar refractivity (Wildman–Crippen MR) is 54.9 cm³/mol. The number of hydrogen-bond donors (Lipinski definition) is 1. The Morgan fingerprint density at radius 1 is 1.53 bits per heavy atom. The molecular formula is C9H7ClN4O. The first-order chi connectivity index (χ1) is 7.25. The molecule has 0 spiro atoms. The number of rotatable bonds is 0. The maximum atomic E-state index is 11.5. The molecular weight excluding hydrogens is 216 g/mol. The van der Waals surface area contributed by atoms with Crippen LogP contribution in [0.2, 0.25) is 5.28 Å². The second kappa shape index (κ2) is 2.93. The van der Waals surface area contributed by atoms with Crippen molar-refractivity contribution in [2.75, 3.05) is 6.54 Å². The predicted octanol–water partition coefficient (Wildman–Crippen LogP) is 0.828. The van der Waals surface area contributed by atoms with Gasteiger partial charge in [0.1, 0.15) is 11.3 Å². The van der Waals surface area contributed by atoms with Crippen LogP contribution < -0.4 is 5.32 Å². The van der Waals surface area contributed by atoms with E-state index in [4.69, 9.17) is 11.6 Å². The second-order valence-electron chi connectivity index (χ2n) is 3.36. The van der Waals surface area contributed by atoms with Crippen LogP contribution in [0, 0.1) is 0 Å². The number of hydrogen-bond acceptors (Lipinski definition) is 3. The lowest BCUT2D eigenvalue weighted by Gasteiger charge is -2.15. The molecule has 1 aliphatic heterocycles. The van der Waals surface area contributed by atoms with Gasteiger partial charge in [0.2, 0.25) is 5.28 Å². The molecule has 0 fully saturated rings. The zero-order chi connectivity index (χ0) is 10.4. The Morgan fingerprint density at radius 3 is 3.27 bits per heavy atom. The van der Waals surface area contributed by atoms with Gasteiger partial charge in [-0.15, -0.1) is 0 Å². The molecule has 2 aromatic rings. The zero-order valence-electron chi connectivity index (χ0n) is 7.70. The Hall–Kier alpha value is -1.62. The SMILES string of the molecule is O=C1NCCn2c1cc1cnc(Cl)nc12. The van der Waals surface area contributed by atoms with Crippen LogP contribution in [0.5, 0.6) is 0 Å². The first-order valence-corrected chi connectivity index (χ1v) is 4.93. The minimum atomic E-state index is -0.0737. The Kier molecular flexibility index (Phi) is 1.70. The molecule has 2 aromatic heterocycles. The standard InChI is InChI=1S/C9H7ClN4O/c10-9-12-4-5-3-6-8(15)11-1-2-14(6)7(5)13-9/h3-4H,1-2H2,(H,11,15). The smallest absolute Gasteiger partial charge is 0.268 e. The van der Waals surface area contributed by atoms with Crippen LogP contribution in [-0.2, 0) is 6.54 Å². The molecule has 76 valence electrons. The van der Waals surface area contributed by atoms with Gasteiger partial charge in [-0.05, 0) is 17.7 Å². The van der Waals surface area contributed by atoms with Crippen molar-refractivity contribution in [2.24, 2.45) is 0 Å². The van der Waals surface area contributed by atoms with E-state index in [0.29, 0.717) is 12.2 Å².